The summed E-state index contributed by atoms with van der Waals surface area (Å²) in [6.07, 6.45) is 0. The Morgan fingerprint density at radius 1 is 0.262 bits per heavy atom. The van der Waals surface area contributed by atoms with E-state index >= 15 is 0 Å². The third kappa shape index (κ3) is 5.88. The van der Waals surface area contributed by atoms with E-state index in [9.17, 15) is 0 Å². The molecule has 9 aromatic carbocycles. The van der Waals surface area contributed by atoms with Crippen LogP contribution >= 0.6 is 0 Å². The van der Waals surface area contributed by atoms with Crippen molar-refractivity contribution in [3.63, 3.8) is 0 Å². The molecule has 4 nitrogen and oxygen atoms in total. The summed E-state index contributed by atoms with van der Waals surface area (Å²) in [5.74, 6) is 0.706. The van der Waals surface area contributed by atoms with Crippen molar-refractivity contribution in [2.75, 3.05) is 0 Å². The van der Waals surface area contributed by atoms with E-state index < -0.39 is 0 Å². The first-order valence-electron chi connectivity index (χ1n) is 20.7. The number of rotatable bonds is 6. The molecule has 284 valence electrons. The topological polar surface area (TPSA) is 43.6 Å². The zero-order chi connectivity index (χ0) is 40.3. The van der Waals surface area contributed by atoms with Gasteiger partial charge < -0.3 is 4.57 Å². The largest absolute Gasteiger partial charge is 0.309 e. The van der Waals surface area contributed by atoms with Crippen LogP contribution in [-0.2, 0) is 0 Å². The number of hydrogen-bond donors (Lipinski definition) is 0. The highest BCUT2D eigenvalue weighted by Gasteiger charge is 2.19. The molecule has 0 atom stereocenters. The summed E-state index contributed by atoms with van der Waals surface area (Å²) in [7, 11) is 0. The Morgan fingerprint density at radius 2 is 0.738 bits per heavy atom. The van der Waals surface area contributed by atoms with Gasteiger partial charge in [-0.25, -0.2) is 15.0 Å². The van der Waals surface area contributed by atoms with Crippen LogP contribution in [0.1, 0.15) is 0 Å². The maximum absolute atomic E-state index is 5.32. The van der Waals surface area contributed by atoms with Crippen molar-refractivity contribution in [2.45, 2.75) is 0 Å². The first kappa shape index (κ1) is 34.8. The van der Waals surface area contributed by atoms with E-state index in [1.165, 1.54) is 38.3 Å². The number of hydrogen-bond acceptors (Lipinski definition) is 3. The molecule has 0 N–H and O–H groups in total. The summed E-state index contributed by atoms with van der Waals surface area (Å²) in [4.78, 5) is 15.5. The fraction of sp³-hybridized carbons (Fsp3) is 0. The predicted molar refractivity (Wildman–Crippen MR) is 254 cm³/mol. The first-order valence-corrected chi connectivity index (χ1v) is 20.7. The van der Waals surface area contributed by atoms with Crippen molar-refractivity contribution in [2.24, 2.45) is 0 Å². The lowest BCUT2D eigenvalue weighted by Crippen LogP contribution is -1.95. The summed E-state index contributed by atoms with van der Waals surface area (Å²) < 4.78 is 2.38. The third-order valence-corrected chi connectivity index (χ3v) is 12.0. The monoisotopic (exact) mass is 776 g/mol. The first-order chi connectivity index (χ1) is 30.2. The van der Waals surface area contributed by atoms with Gasteiger partial charge in [-0.05, 0) is 58.7 Å². The van der Waals surface area contributed by atoms with Gasteiger partial charge >= 0.3 is 0 Å². The van der Waals surface area contributed by atoms with Crippen LogP contribution in [0.15, 0.2) is 218 Å². The lowest BCUT2D eigenvalue weighted by atomic mass is 9.95. The molecule has 0 bridgehead atoms. The molecular weight excluding hydrogens is 741 g/mol. The molecule has 4 heteroatoms. The second kappa shape index (κ2) is 14.3. The lowest BCUT2D eigenvalue weighted by molar-refractivity contribution is 1.18. The maximum Gasteiger partial charge on any atom is 0.160 e. The van der Waals surface area contributed by atoms with Gasteiger partial charge in [0.25, 0.3) is 0 Å². The minimum Gasteiger partial charge on any atom is -0.309 e. The normalized spacial score (nSPS) is 11.6. The predicted octanol–water partition coefficient (Wildman–Crippen LogP) is 14.8. The lowest BCUT2D eigenvalue weighted by Gasteiger charge is -2.13. The summed E-state index contributed by atoms with van der Waals surface area (Å²) in [5.41, 5.74) is 15.1. The quantitative estimate of drug-likeness (QED) is 0.158. The Bertz CT molecular complexity index is 3590. The number of fused-ring (bicyclic) bond motifs is 8. The molecule has 0 saturated carbocycles. The van der Waals surface area contributed by atoms with E-state index in [0.29, 0.717) is 5.82 Å². The van der Waals surface area contributed by atoms with E-state index in [4.69, 9.17) is 15.0 Å². The molecule has 0 radical (unpaired) electrons. The standard InChI is InChI=1S/C57H36N4/c1-3-13-37(14-4-1)38-23-29-41(30-24-38)55-46-18-8-11-21-50(46)59-57(60-55)43-33-27-40(28-34-43)39-25-31-42(32-26-39)56-48-35-36-52-54(53(48)45-17-7-10-20-49(45)58-56)47-19-9-12-22-51(47)61(52)44-15-5-2-6-16-44/h1-36H. The van der Waals surface area contributed by atoms with Gasteiger partial charge in [0, 0.05) is 54.7 Å². The van der Waals surface area contributed by atoms with Gasteiger partial charge in [0.05, 0.1) is 33.5 Å². The third-order valence-electron chi connectivity index (χ3n) is 12.0. The number of nitrogens with zero attached hydrogens (tertiary/aromatic N) is 4. The van der Waals surface area contributed by atoms with Crippen LogP contribution in [-0.4, -0.2) is 19.5 Å². The average molecular weight is 777 g/mol. The van der Waals surface area contributed by atoms with E-state index in [1.807, 2.05) is 12.1 Å². The molecule has 0 aliphatic carbocycles. The highest BCUT2D eigenvalue weighted by atomic mass is 15.0. The van der Waals surface area contributed by atoms with Gasteiger partial charge in [-0.3, -0.25) is 0 Å². The van der Waals surface area contributed by atoms with Crippen LogP contribution in [0, 0.1) is 0 Å². The van der Waals surface area contributed by atoms with E-state index in [1.54, 1.807) is 0 Å². The molecule has 0 amide bonds. The molecule has 3 heterocycles. The van der Waals surface area contributed by atoms with Crippen molar-refractivity contribution >= 4 is 54.4 Å². The molecule has 0 aliphatic heterocycles. The molecule has 12 aromatic rings. The minimum absolute atomic E-state index is 0.706. The van der Waals surface area contributed by atoms with Gasteiger partial charge in [-0.15, -0.1) is 0 Å². The Balaban J connectivity index is 0.914. The molecule has 0 unspecified atom stereocenters. The minimum atomic E-state index is 0.706. The van der Waals surface area contributed by atoms with Crippen molar-refractivity contribution in [3.8, 4) is 61.8 Å². The fourth-order valence-corrected chi connectivity index (χ4v) is 9.09. The molecule has 61 heavy (non-hydrogen) atoms. The van der Waals surface area contributed by atoms with Crippen LogP contribution < -0.4 is 0 Å². The summed E-state index contributed by atoms with van der Waals surface area (Å²) >= 11 is 0. The summed E-state index contributed by atoms with van der Waals surface area (Å²) in [5, 5.41) is 7.04. The second-order valence-electron chi connectivity index (χ2n) is 15.6. The zero-order valence-corrected chi connectivity index (χ0v) is 33.1. The van der Waals surface area contributed by atoms with Crippen LogP contribution in [0.25, 0.3) is 116 Å². The van der Waals surface area contributed by atoms with Crippen molar-refractivity contribution in [1.82, 2.24) is 19.5 Å². The van der Waals surface area contributed by atoms with Gasteiger partial charge in [0.1, 0.15) is 0 Å². The molecule has 0 spiro atoms. The maximum atomic E-state index is 5.32. The van der Waals surface area contributed by atoms with Gasteiger partial charge in [0.15, 0.2) is 5.82 Å². The number of pyridine rings is 1. The van der Waals surface area contributed by atoms with Crippen LogP contribution in [0.5, 0.6) is 0 Å². The Labute approximate surface area is 352 Å². The number of aromatic nitrogens is 4. The Hall–Kier alpha value is -8.21. The van der Waals surface area contributed by atoms with Crippen LogP contribution in [0.4, 0.5) is 0 Å². The number of benzene rings is 9. The zero-order valence-electron chi connectivity index (χ0n) is 33.1. The fourth-order valence-electron chi connectivity index (χ4n) is 9.09. The van der Waals surface area contributed by atoms with Crippen molar-refractivity contribution in [3.05, 3.63) is 218 Å². The smallest absolute Gasteiger partial charge is 0.160 e. The van der Waals surface area contributed by atoms with Crippen molar-refractivity contribution < 1.29 is 0 Å². The highest BCUT2D eigenvalue weighted by molar-refractivity contribution is 6.29. The second-order valence-corrected chi connectivity index (χ2v) is 15.6. The van der Waals surface area contributed by atoms with E-state index in [2.05, 4.69) is 211 Å². The van der Waals surface area contributed by atoms with Crippen LogP contribution in [0.2, 0.25) is 0 Å². The molecule has 12 rings (SSSR count). The van der Waals surface area contributed by atoms with E-state index in [0.717, 1.165) is 72.1 Å². The van der Waals surface area contributed by atoms with Gasteiger partial charge in [-0.2, -0.15) is 0 Å². The molecular formula is C57H36N4. The Morgan fingerprint density at radius 3 is 1.39 bits per heavy atom. The van der Waals surface area contributed by atoms with Gasteiger partial charge in [0.2, 0.25) is 0 Å². The average Bonchev–Trinajstić information content (AvgIpc) is 3.69. The van der Waals surface area contributed by atoms with Crippen LogP contribution in [0.3, 0.4) is 0 Å². The van der Waals surface area contributed by atoms with E-state index in [-0.39, 0.29) is 0 Å². The highest BCUT2D eigenvalue weighted by Crippen LogP contribution is 2.42. The molecule has 0 fully saturated rings. The van der Waals surface area contributed by atoms with Crippen molar-refractivity contribution in [1.29, 1.82) is 0 Å². The molecule has 0 aliphatic rings. The molecule has 0 saturated heterocycles. The number of para-hydroxylation sites is 4. The summed E-state index contributed by atoms with van der Waals surface area (Å²) in [6.45, 7) is 0. The van der Waals surface area contributed by atoms with Gasteiger partial charge in [-0.1, -0.05) is 182 Å². The molecule has 3 aromatic heterocycles. The SMILES string of the molecule is c1ccc(-c2ccc(-c3nc(-c4ccc(-c5ccc(-c6nc7ccccc7c7c6ccc6c7c7ccccc7n6-c6ccccc6)cc5)cc4)nc4ccccc34)cc2)cc1. The Kier molecular flexibility index (Phi) is 8.13. The summed E-state index contributed by atoms with van der Waals surface area (Å²) in [6, 6.07) is 77.3.